The van der Waals surface area contributed by atoms with Gasteiger partial charge in [-0.05, 0) is 68.7 Å². The molecule has 3 N–H and O–H groups in total. The zero-order valence-electron chi connectivity index (χ0n) is 15.2. The highest BCUT2D eigenvalue weighted by Gasteiger charge is 2.35. The maximum atomic E-state index is 11.7. The molecule has 2 aliphatic heterocycles. The third-order valence-corrected chi connectivity index (χ3v) is 6.16. The number of nitrogens with two attached hydrogens (primary N) is 1. The van der Waals surface area contributed by atoms with E-state index in [0.717, 1.165) is 43.8 Å². The number of nitrogens with zero attached hydrogens (tertiary/aromatic N) is 1. The minimum absolute atomic E-state index is 0. The first-order valence-electron chi connectivity index (χ1n) is 9.38. The highest BCUT2D eigenvalue weighted by atomic mass is 35.5. The number of carboxylic acids is 1. The third kappa shape index (κ3) is 4.45. The molecule has 0 bridgehead atoms. The lowest BCUT2D eigenvalue weighted by Crippen LogP contribution is -2.36. The zero-order valence-corrected chi connectivity index (χ0v) is 16.7. The monoisotopic (exact) mass is 416 g/mol. The molecule has 1 saturated heterocycles. The second-order valence-corrected chi connectivity index (χ2v) is 8.23. The lowest BCUT2D eigenvalue weighted by molar-refractivity contribution is -0.222. The average Bonchev–Trinajstić information content (AvgIpc) is 3.44. The Bertz CT molecular complexity index is 703. The normalized spacial score (nSPS) is 23.2. The van der Waals surface area contributed by atoms with Crippen LogP contribution < -0.4 is 10.6 Å². The number of hydrogen-bond donors (Lipinski definition) is 2. The van der Waals surface area contributed by atoms with Gasteiger partial charge in [0.05, 0.1) is 10.7 Å². The van der Waals surface area contributed by atoms with Crippen molar-refractivity contribution in [3.8, 4) is 5.75 Å². The summed E-state index contributed by atoms with van der Waals surface area (Å²) in [7, 11) is 0. The second-order valence-electron chi connectivity index (χ2n) is 7.82. The third-order valence-electron chi connectivity index (χ3n) is 5.85. The Labute approximate surface area is 170 Å². The van der Waals surface area contributed by atoms with Crippen molar-refractivity contribution >= 4 is 35.7 Å². The lowest BCUT2D eigenvalue weighted by Gasteiger charge is -2.33. The van der Waals surface area contributed by atoms with Crippen LogP contribution in [0.5, 0.6) is 5.75 Å². The van der Waals surface area contributed by atoms with Gasteiger partial charge >= 0.3 is 5.97 Å². The van der Waals surface area contributed by atoms with E-state index < -0.39 is 11.9 Å². The fourth-order valence-electron chi connectivity index (χ4n) is 4.14. The summed E-state index contributed by atoms with van der Waals surface area (Å²) in [5.41, 5.74) is 7.80. The summed E-state index contributed by atoms with van der Waals surface area (Å²) in [5.74, 6) is 0.00634. The van der Waals surface area contributed by atoms with Crippen molar-refractivity contribution in [1.82, 2.24) is 4.90 Å². The average molecular weight is 417 g/mol. The number of fused-ring (bicyclic) bond motifs is 1. The molecule has 2 heterocycles. The molecule has 2 fully saturated rings. The first kappa shape index (κ1) is 20.5. The van der Waals surface area contributed by atoms with Crippen LogP contribution in [0.4, 0.5) is 5.69 Å². The van der Waals surface area contributed by atoms with Crippen molar-refractivity contribution in [2.75, 3.05) is 32.0 Å². The van der Waals surface area contributed by atoms with Crippen LogP contribution in [0.15, 0.2) is 6.07 Å². The van der Waals surface area contributed by atoms with E-state index in [1.54, 1.807) is 0 Å². The highest BCUT2D eigenvalue weighted by Crippen LogP contribution is 2.44. The smallest absolute Gasteiger partial charge is 0.313 e. The summed E-state index contributed by atoms with van der Waals surface area (Å²) in [5, 5.41) is 9.97. The molecule has 0 amide bonds. The molecule has 1 aromatic rings. The van der Waals surface area contributed by atoms with Crippen molar-refractivity contribution in [2.45, 2.75) is 38.0 Å². The molecule has 0 aromatic heterocycles. The molecule has 1 unspecified atom stereocenters. The molecule has 8 heteroatoms. The Morgan fingerprint density at radius 3 is 2.59 bits per heavy atom. The van der Waals surface area contributed by atoms with E-state index >= 15 is 0 Å². The summed E-state index contributed by atoms with van der Waals surface area (Å²) in [6.45, 7) is 3.46. The van der Waals surface area contributed by atoms with Gasteiger partial charge < -0.3 is 20.6 Å². The summed E-state index contributed by atoms with van der Waals surface area (Å²) in [6.07, 6.45) is 5.81. The predicted molar refractivity (Wildman–Crippen MR) is 106 cm³/mol. The van der Waals surface area contributed by atoms with Crippen LogP contribution in [0.25, 0.3) is 0 Å². The van der Waals surface area contributed by atoms with E-state index in [9.17, 15) is 9.90 Å². The van der Waals surface area contributed by atoms with Crippen LogP contribution in [-0.4, -0.2) is 42.2 Å². The number of nitrogen functional groups attached to an aromatic ring is 1. The molecule has 4 rings (SSSR count). The van der Waals surface area contributed by atoms with Crippen molar-refractivity contribution in [2.24, 2.45) is 11.8 Å². The Morgan fingerprint density at radius 1 is 1.26 bits per heavy atom. The van der Waals surface area contributed by atoms with Crippen LogP contribution in [-0.2, 0) is 16.1 Å². The van der Waals surface area contributed by atoms with E-state index in [1.807, 2.05) is 6.07 Å². The van der Waals surface area contributed by atoms with Gasteiger partial charge in [-0.15, -0.1) is 12.4 Å². The SMILES string of the molecule is Cl.Nc1c(Cl)cc(CC2CCN(CC3CC3)CC2)c2c1OOCC2C(=O)O. The molecule has 1 atom stereocenters. The minimum atomic E-state index is -0.934. The summed E-state index contributed by atoms with van der Waals surface area (Å²) < 4.78 is 0. The lowest BCUT2D eigenvalue weighted by atomic mass is 9.84. The fraction of sp³-hybridized carbons (Fsp3) is 0.632. The van der Waals surface area contributed by atoms with E-state index in [4.69, 9.17) is 27.1 Å². The topological polar surface area (TPSA) is 85.0 Å². The molecule has 6 nitrogen and oxygen atoms in total. The van der Waals surface area contributed by atoms with E-state index in [2.05, 4.69) is 4.90 Å². The van der Waals surface area contributed by atoms with E-state index in [1.165, 1.54) is 19.4 Å². The number of hydrogen-bond acceptors (Lipinski definition) is 5. The van der Waals surface area contributed by atoms with Gasteiger partial charge in [0.15, 0.2) is 5.75 Å². The first-order chi connectivity index (χ1) is 12.5. The maximum absolute atomic E-state index is 11.7. The number of halogens is 2. The summed E-state index contributed by atoms with van der Waals surface area (Å²) in [6, 6.07) is 1.82. The van der Waals surface area contributed by atoms with Crippen LogP contribution >= 0.6 is 24.0 Å². The standard InChI is InChI=1S/C19H25ClN2O4.ClH/c20-15-8-13(7-11-3-5-22(6-4-11)9-12-1-2-12)16-14(19(23)24)10-25-26-18(16)17(15)21;/h8,11-12,14H,1-7,9-10,21H2,(H,23,24);1H. The molecule has 1 saturated carbocycles. The Morgan fingerprint density at radius 2 is 1.96 bits per heavy atom. The minimum Gasteiger partial charge on any atom is -0.481 e. The number of aliphatic carboxylic acids is 1. The molecule has 0 spiro atoms. The Hall–Kier alpha value is -1.21. The number of anilines is 1. The number of likely N-dealkylation sites (tertiary alicyclic amines) is 1. The number of benzene rings is 1. The predicted octanol–water partition coefficient (Wildman–Crippen LogP) is 3.50. The second kappa shape index (κ2) is 8.43. The van der Waals surface area contributed by atoms with Crippen LogP contribution in [0.1, 0.15) is 42.7 Å². The van der Waals surface area contributed by atoms with Crippen molar-refractivity contribution in [1.29, 1.82) is 0 Å². The van der Waals surface area contributed by atoms with Gasteiger partial charge in [0, 0.05) is 12.1 Å². The van der Waals surface area contributed by atoms with Gasteiger partial charge in [0.25, 0.3) is 0 Å². The quantitative estimate of drug-likeness (QED) is 0.564. The van der Waals surface area contributed by atoms with Crippen LogP contribution in [0.3, 0.4) is 0 Å². The molecule has 1 aromatic carbocycles. The van der Waals surface area contributed by atoms with Crippen LogP contribution in [0.2, 0.25) is 5.02 Å². The Kier molecular flexibility index (Phi) is 6.41. The number of carboxylic acid groups (broad SMARTS) is 1. The van der Waals surface area contributed by atoms with Crippen molar-refractivity contribution in [3.05, 3.63) is 22.2 Å². The molecular weight excluding hydrogens is 391 g/mol. The van der Waals surface area contributed by atoms with E-state index in [-0.39, 0.29) is 30.5 Å². The highest BCUT2D eigenvalue weighted by molar-refractivity contribution is 6.33. The summed E-state index contributed by atoms with van der Waals surface area (Å²) in [4.78, 5) is 24.5. The van der Waals surface area contributed by atoms with Gasteiger partial charge in [-0.2, -0.15) is 4.89 Å². The molecular formula is C19H26Cl2N2O4. The first-order valence-corrected chi connectivity index (χ1v) is 9.76. The van der Waals surface area contributed by atoms with Gasteiger partial charge in [0.1, 0.15) is 12.5 Å². The van der Waals surface area contributed by atoms with Gasteiger partial charge in [0.2, 0.25) is 0 Å². The van der Waals surface area contributed by atoms with Gasteiger partial charge in [-0.3, -0.25) is 4.79 Å². The van der Waals surface area contributed by atoms with Gasteiger partial charge in [-0.25, -0.2) is 0 Å². The number of carbonyl (C=O) groups is 1. The molecule has 27 heavy (non-hydrogen) atoms. The molecule has 3 aliphatic rings. The maximum Gasteiger partial charge on any atom is 0.313 e. The van der Waals surface area contributed by atoms with Crippen molar-refractivity contribution < 1.29 is 19.7 Å². The molecule has 150 valence electrons. The molecule has 1 aliphatic carbocycles. The summed E-state index contributed by atoms with van der Waals surface area (Å²) >= 11 is 6.27. The number of piperidine rings is 1. The van der Waals surface area contributed by atoms with Crippen LogP contribution in [0, 0.1) is 11.8 Å². The molecule has 0 radical (unpaired) electrons. The number of rotatable bonds is 5. The van der Waals surface area contributed by atoms with E-state index in [0.29, 0.717) is 16.5 Å². The largest absolute Gasteiger partial charge is 0.481 e. The Balaban J connectivity index is 0.00000210. The van der Waals surface area contributed by atoms with Crippen molar-refractivity contribution in [3.63, 3.8) is 0 Å². The van der Waals surface area contributed by atoms with Gasteiger partial charge in [-0.1, -0.05) is 11.6 Å². The zero-order chi connectivity index (χ0) is 18.3. The fourth-order valence-corrected chi connectivity index (χ4v) is 4.35.